The Bertz CT molecular complexity index is 334. The van der Waals surface area contributed by atoms with E-state index >= 15 is 0 Å². The molecule has 14 heavy (non-hydrogen) atoms. The fourth-order valence-electron chi connectivity index (χ4n) is 3.31. The van der Waals surface area contributed by atoms with Gasteiger partial charge in [0.1, 0.15) is 0 Å². The predicted molar refractivity (Wildman–Crippen MR) is 59.2 cm³/mol. The third-order valence-corrected chi connectivity index (χ3v) is 4.65. The van der Waals surface area contributed by atoms with Gasteiger partial charge in [-0.05, 0) is 43.4 Å². The van der Waals surface area contributed by atoms with Crippen LogP contribution in [-0.2, 0) is 6.42 Å². The van der Waals surface area contributed by atoms with E-state index in [0.717, 1.165) is 22.9 Å². The molecule has 76 valence electrons. The van der Waals surface area contributed by atoms with Crippen LogP contribution in [0, 0.1) is 17.8 Å². The van der Waals surface area contributed by atoms with Crippen molar-refractivity contribution in [2.45, 2.75) is 32.1 Å². The van der Waals surface area contributed by atoms with Crippen molar-refractivity contribution in [3.8, 4) is 0 Å². The standard InChI is InChI=1S/C11H16N2S/c12-11-13-10(6-14-11)5-9-4-7-1-2-8(9)3-7/h6-9H,1-5H2,(H2,12,13). The van der Waals surface area contributed by atoms with Crippen molar-refractivity contribution >= 4 is 16.5 Å². The van der Waals surface area contributed by atoms with Gasteiger partial charge in [-0.2, -0.15) is 0 Å². The maximum absolute atomic E-state index is 5.64. The van der Waals surface area contributed by atoms with Crippen LogP contribution in [0.25, 0.3) is 0 Å². The zero-order valence-corrected chi connectivity index (χ0v) is 9.09. The molecule has 0 spiro atoms. The Balaban J connectivity index is 1.68. The number of thiazole rings is 1. The molecule has 0 saturated heterocycles. The van der Waals surface area contributed by atoms with Crippen LogP contribution in [0.5, 0.6) is 0 Å². The van der Waals surface area contributed by atoms with E-state index in [2.05, 4.69) is 10.4 Å². The van der Waals surface area contributed by atoms with E-state index in [1.165, 1.54) is 37.8 Å². The second-order valence-corrected chi connectivity index (χ2v) is 5.71. The number of nitrogen functional groups attached to an aromatic ring is 1. The summed E-state index contributed by atoms with van der Waals surface area (Å²) in [6, 6.07) is 0. The van der Waals surface area contributed by atoms with Crippen molar-refractivity contribution in [1.29, 1.82) is 0 Å². The Morgan fingerprint density at radius 2 is 2.36 bits per heavy atom. The summed E-state index contributed by atoms with van der Waals surface area (Å²) in [6.07, 6.45) is 7.07. The molecule has 1 aromatic heterocycles. The van der Waals surface area contributed by atoms with Gasteiger partial charge in [0.25, 0.3) is 0 Å². The second kappa shape index (κ2) is 3.23. The SMILES string of the molecule is Nc1nc(CC2CC3CCC2C3)cs1. The first kappa shape index (κ1) is 8.72. The number of hydrogen-bond acceptors (Lipinski definition) is 3. The van der Waals surface area contributed by atoms with Gasteiger partial charge in [0, 0.05) is 5.38 Å². The molecule has 2 nitrogen and oxygen atoms in total. The van der Waals surface area contributed by atoms with Crippen LogP contribution in [-0.4, -0.2) is 4.98 Å². The molecule has 2 fully saturated rings. The molecule has 2 aliphatic carbocycles. The third-order valence-electron chi connectivity index (χ3n) is 3.93. The van der Waals surface area contributed by atoms with E-state index in [1.54, 1.807) is 11.3 Å². The minimum Gasteiger partial charge on any atom is -0.375 e. The number of nitrogens with two attached hydrogens (primary N) is 1. The molecule has 0 radical (unpaired) electrons. The molecule has 2 N–H and O–H groups in total. The average Bonchev–Trinajstić information content (AvgIpc) is 2.82. The van der Waals surface area contributed by atoms with E-state index in [-0.39, 0.29) is 0 Å². The second-order valence-electron chi connectivity index (χ2n) is 4.82. The van der Waals surface area contributed by atoms with Crippen LogP contribution in [0.1, 0.15) is 31.4 Å². The summed E-state index contributed by atoms with van der Waals surface area (Å²) in [5.74, 6) is 2.96. The van der Waals surface area contributed by atoms with Crippen LogP contribution >= 0.6 is 11.3 Å². The normalized spacial score (nSPS) is 35.3. The lowest BCUT2D eigenvalue weighted by Crippen LogP contribution is -2.13. The molecule has 0 amide bonds. The van der Waals surface area contributed by atoms with Crippen molar-refractivity contribution in [2.24, 2.45) is 17.8 Å². The molecule has 3 atom stereocenters. The van der Waals surface area contributed by atoms with Crippen LogP contribution in [0.2, 0.25) is 0 Å². The van der Waals surface area contributed by atoms with E-state index in [1.807, 2.05) is 0 Å². The smallest absolute Gasteiger partial charge is 0.180 e. The van der Waals surface area contributed by atoms with Crippen molar-refractivity contribution in [3.63, 3.8) is 0 Å². The monoisotopic (exact) mass is 208 g/mol. The summed E-state index contributed by atoms with van der Waals surface area (Å²) in [5.41, 5.74) is 6.86. The van der Waals surface area contributed by atoms with Gasteiger partial charge in [-0.25, -0.2) is 4.98 Å². The molecule has 2 bridgehead atoms. The first-order valence-corrected chi connectivity index (χ1v) is 6.39. The number of rotatable bonds is 2. The van der Waals surface area contributed by atoms with Gasteiger partial charge in [0.15, 0.2) is 5.13 Å². The first-order valence-electron chi connectivity index (χ1n) is 5.51. The molecule has 3 unspecified atom stereocenters. The van der Waals surface area contributed by atoms with Gasteiger partial charge in [0.05, 0.1) is 5.69 Å². The van der Waals surface area contributed by atoms with Gasteiger partial charge >= 0.3 is 0 Å². The molecule has 0 aromatic carbocycles. The van der Waals surface area contributed by atoms with Crippen LogP contribution in [0.4, 0.5) is 5.13 Å². The topological polar surface area (TPSA) is 38.9 Å². The zero-order chi connectivity index (χ0) is 9.54. The van der Waals surface area contributed by atoms with Crippen LogP contribution in [0.15, 0.2) is 5.38 Å². The largest absolute Gasteiger partial charge is 0.375 e. The number of anilines is 1. The summed E-state index contributed by atoms with van der Waals surface area (Å²) in [5, 5.41) is 2.85. The number of fused-ring (bicyclic) bond motifs is 2. The van der Waals surface area contributed by atoms with Crippen LogP contribution in [0.3, 0.4) is 0 Å². The number of nitrogens with zero attached hydrogens (tertiary/aromatic N) is 1. The Morgan fingerprint density at radius 1 is 1.43 bits per heavy atom. The molecule has 3 rings (SSSR count). The molecule has 3 heteroatoms. The lowest BCUT2D eigenvalue weighted by molar-refractivity contribution is 0.330. The van der Waals surface area contributed by atoms with Gasteiger partial charge in [-0.15, -0.1) is 11.3 Å². The fourth-order valence-corrected chi connectivity index (χ4v) is 3.89. The highest BCUT2D eigenvalue weighted by Crippen LogP contribution is 2.49. The minimum absolute atomic E-state index is 0.725. The van der Waals surface area contributed by atoms with Crippen LogP contribution < -0.4 is 5.73 Å². The first-order chi connectivity index (χ1) is 6.81. The highest BCUT2D eigenvalue weighted by Gasteiger charge is 2.39. The summed E-state index contributed by atoms with van der Waals surface area (Å²) in [6.45, 7) is 0. The molecule has 1 heterocycles. The Labute approximate surface area is 88.5 Å². The van der Waals surface area contributed by atoms with Crippen molar-refractivity contribution in [3.05, 3.63) is 11.1 Å². The van der Waals surface area contributed by atoms with E-state index in [0.29, 0.717) is 0 Å². The van der Waals surface area contributed by atoms with Gasteiger partial charge in [0.2, 0.25) is 0 Å². The molecular weight excluding hydrogens is 192 g/mol. The van der Waals surface area contributed by atoms with E-state index in [4.69, 9.17) is 5.73 Å². The predicted octanol–water partition coefficient (Wildman–Crippen LogP) is 2.70. The number of hydrogen-bond donors (Lipinski definition) is 1. The van der Waals surface area contributed by atoms with Crippen molar-refractivity contribution in [2.75, 3.05) is 5.73 Å². The lowest BCUT2D eigenvalue weighted by Gasteiger charge is -2.20. The van der Waals surface area contributed by atoms with Gasteiger partial charge in [-0.1, -0.05) is 6.42 Å². The highest BCUT2D eigenvalue weighted by atomic mass is 32.1. The Hall–Kier alpha value is -0.570. The molecule has 1 aromatic rings. The van der Waals surface area contributed by atoms with Gasteiger partial charge in [-0.3, -0.25) is 0 Å². The molecule has 0 aliphatic heterocycles. The quantitative estimate of drug-likeness (QED) is 0.811. The Kier molecular flexibility index (Phi) is 2.01. The molecule has 2 saturated carbocycles. The summed E-state index contributed by atoms with van der Waals surface area (Å²) < 4.78 is 0. The fraction of sp³-hybridized carbons (Fsp3) is 0.727. The average molecular weight is 208 g/mol. The zero-order valence-electron chi connectivity index (χ0n) is 8.28. The number of aromatic nitrogens is 1. The van der Waals surface area contributed by atoms with Gasteiger partial charge < -0.3 is 5.73 Å². The maximum Gasteiger partial charge on any atom is 0.180 e. The summed E-state index contributed by atoms with van der Waals surface area (Å²) in [7, 11) is 0. The minimum atomic E-state index is 0.725. The summed E-state index contributed by atoms with van der Waals surface area (Å²) in [4.78, 5) is 4.35. The molecular formula is C11H16N2S. The lowest BCUT2D eigenvalue weighted by atomic mass is 9.86. The van der Waals surface area contributed by atoms with Crippen molar-refractivity contribution in [1.82, 2.24) is 4.98 Å². The molecule has 2 aliphatic rings. The van der Waals surface area contributed by atoms with E-state index < -0.39 is 0 Å². The highest BCUT2D eigenvalue weighted by molar-refractivity contribution is 7.13. The third kappa shape index (κ3) is 1.44. The van der Waals surface area contributed by atoms with E-state index in [9.17, 15) is 0 Å². The maximum atomic E-state index is 5.64. The summed E-state index contributed by atoms with van der Waals surface area (Å²) >= 11 is 1.57. The Morgan fingerprint density at radius 3 is 2.93 bits per heavy atom. The van der Waals surface area contributed by atoms with Crippen molar-refractivity contribution < 1.29 is 0 Å².